The van der Waals surface area contributed by atoms with Crippen molar-refractivity contribution in [1.82, 2.24) is 9.97 Å². The SMILES string of the molecule is Oc1cncnc1N1CCC1. The highest BCUT2D eigenvalue weighted by molar-refractivity contribution is 5.51. The van der Waals surface area contributed by atoms with Gasteiger partial charge in [0.05, 0.1) is 6.20 Å². The molecule has 11 heavy (non-hydrogen) atoms. The van der Waals surface area contributed by atoms with Crippen molar-refractivity contribution >= 4 is 5.82 Å². The Balaban J connectivity index is 2.28. The lowest BCUT2D eigenvalue weighted by molar-refractivity contribution is 0.462. The second kappa shape index (κ2) is 2.38. The lowest BCUT2D eigenvalue weighted by Crippen LogP contribution is -2.37. The third-order valence-electron chi connectivity index (χ3n) is 1.83. The minimum Gasteiger partial charge on any atom is -0.503 e. The van der Waals surface area contributed by atoms with E-state index in [1.54, 1.807) is 0 Å². The maximum Gasteiger partial charge on any atom is 0.177 e. The summed E-state index contributed by atoms with van der Waals surface area (Å²) in [4.78, 5) is 9.69. The van der Waals surface area contributed by atoms with Gasteiger partial charge in [-0.1, -0.05) is 0 Å². The standard InChI is InChI=1S/C7H9N3O/c11-6-4-8-5-9-7(6)10-2-1-3-10/h4-5,11H,1-3H2. The Bertz CT molecular complexity index is 260. The van der Waals surface area contributed by atoms with E-state index in [2.05, 4.69) is 9.97 Å². The lowest BCUT2D eigenvalue weighted by Gasteiger charge is -2.31. The number of aromatic hydroxyl groups is 1. The van der Waals surface area contributed by atoms with E-state index in [9.17, 15) is 5.11 Å². The van der Waals surface area contributed by atoms with E-state index in [0.29, 0.717) is 5.82 Å². The zero-order valence-corrected chi connectivity index (χ0v) is 6.06. The van der Waals surface area contributed by atoms with Gasteiger partial charge < -0.3 is 10.0 Å². The molecule has 2 rings (SSSR count). The molecule has 1 N–H and O–H groups in total. The summed E-state index contributed by atoms with van der Waals surface area (Å²) >= 11 is 0. The monoisotopic (exact) mass is 151 g/mol. The van der Waals surface area contributed by atoms with Crippen LogP contribution in [-0.2, 0) is 0 Å². The zero-order chi connectivity index (χ0) is 7.68. The van der Waals surface area contributed by atoms with E-state index in [1.165, 1.54) is 18.9 Å². The summed E-state index contributed by atoms with van der Waals surface area (Å²) in [5.41, 5.74) is 0. The van der Waals surface area contributed by atoms with Gasteiger partial charge in [0, 0.05) is 13.1 Å². The Morgan fingerprint density at radius 1 is 1.45 bits per heavy atom. The van der Waals surface area contributed by atoms with Crippen molar-refractivity contribution in [2.45, 2.75) is 6.42 Å². The molecule has 0 atom stereocenters. The predicted octanol–water partition coefficient (Wildman–Crippen LogP) is 0.392. The molecular weight excluding hydrogens is 142 g/mol. The van der Waals surface area contributed by atoms with E-state index >= 15 is 0 Å². The highest BCUT2D eigenvalue weighted by Crippen LogP contribution is 2.25. The molecule has 1 aromatic rings. The second-order valence-electron chi connectivity index (χ2n) is 2.57. The van der Waals surface area contributed by atoms with Crippen molar-refractivity contribution in [3.05, 3.63) is 12.5 Å². The first kappa shape index (κ1) is 6.39. The Morgan fingerprint density at radius 3 is 2.82 bits per heavy atom. The molecule has 0 aromatic carbocycles. The van der Waals surface area contributed by atoms with E-state index in [4.69, 9.17) is 0 Å². The van der Waals surface area contributed by atoms with Gasteiger partial charge in [-0.05, 0) is 6.42 Å². The van der Waals surface area contributed by atoms with E-state index in [1.807, 2.05) is 4.90 Å². The number of nitrogens with zero attached hydrogens (tertiary/aromatic N) is 3. The molecule has 0 saturated carbocycles. The smallest absolute Gasteiger partial charge is 0.177 e. The van der Waals surface area contributed by atoms with Crippen LogP contribution < -0.4 is 4.90 Å². The number of aromatic nitrogens is 2. The van der Waals surface area contributed by atoms with Gasteiger partial charge in [0.15, 0.2) is 11.6 Å². The van der Waals surface area contributed by atoms with Crippen molar-refractivity contribution < 1.29 is 5.11 Å². The van der Waals surface area contributed by atoms with Gasteiger partial charge in [0.2, 0.25) is 0 Å². The van der Waals surface area contributed by atoms with Crippen molar-refractivity contribution in [3.63, 3.8) is 0 Å². The minimum absolute atomic E-state index is 0.173. The fraction of sp³-hybridized carbons (Fsp3) is 0.429. The normalized spacial score (nSPS) is 16.2. The molecule has 0 radical (unpaired) electrons. The molecule has 0 amide bonds. The fourth-order valence-electron chi connectivity index (χ4n) is 1.09. The third kappa shape index (κ3) is 1.00. The van der Waals surface area contributed by atoms with E-state index in [0.717, 1.165) is 13.1 Å². The fourth-order valence-corrected chi connectivity index (χ4v) is 1.09. The van der Waals surface area contributed by atoms with Crippen molar-refractivity contribution in [2.24, 2.45) is 0 Å². The van der Waals surface area contributed by atoms with Gasteiger partial charge in [-0.3, -0.25) is 0 Å². The highest BCUT2D eigenvalue weighted by Gasteiger charge is 2.18. The molecule has 4 nitrogen and oxygen atoms in total. The van der Waals surface area contributed by atoms with Crippen LogP contribution in [-0.4, -0.2) is 28.2 Å². The van der Waals surface area contributed by atoms with Gasteiger partial charge >= 0.3 is 0 Å². The Morgan fingerprint density at radius 2 is 2.27 bits per heavy atom. The molecule has 1 fully saturated rings. The largest absolute Gasteiger partial charge is 0.503 e. The molecule has 0 spiro atoms. The van der Waals surface area contributed by atoms with Crippen molar-refractivity contribution in [1.29, 1.82) is 0 Å². The molecule has 0 aliphatic carbocycles. The molecule has 1 aliphatic heterocycles. The molecule has 58 valence electrons. The number of anilines is 1. The van der Waals surface area contributed by atoms with Crippen LogP contribution in [0.4, 0.5) is 5.82 Å². The van der Waals surface area contributed by atoms with Gasteiger partial charge in [0.25, 0.3) is 0 Å². The van der Waals surface area contributed by atoms with Crippen LogP contribution in [0.3, 0.4) is 0 Å². The molecule has 1 aliphatic rings. The molecule has 4 heteroatoms. The average molecular weight is 151 g/mol. The second-order valence-corrected chi connectivity index (χ2v) is 2.57. The maximum atomic E-state index is 9.28. The maximum absolute atomic E-state index is 9.28. The van der Waals surface area contributed by atoms with Gasteiger partial charge in [-0.2, -0.15) is 0 Å². The molecule has 0 bridgehead atoms. The Hall–Kier alpha value is -1.32. The summed E-state index contributed by atoms with van der Waals surface area (Å²) in [5, 5.41) is 9.28. The Labute approximate surface area is 64.5 Å². The van der Waals surface area contributed by atoms with Crippen LogP contribution in [0.15, 0.2) is 12.5 Å². The van der Waals surface area contributed by atoms with Crippen LogP contribution >= 0.6 is 0 Å². The zero-order valence-electron chi connectivity index (χ0n) is 6.06. The number of hydrogen-bond acceptors (Lipinski definition) is 4. The third-order valence-corrected chi connectivity index (χ3v) is 1.83. The lowest BCUT2D eigenvalue weighted by atomic mass is 10.2. The molecule has 1 aromatic heterocycles. The van der Waals surface area contributed by atoms with Crippen LogP contribution in [0.2, 0.25) is 0 Å². The van der Waals surface area contributed by atoms with E-state index < -0.39 is 0 Å². The summed E-state index contributed by atoms with van der Waals surface area (Å²) in [6.07, 6.45) is 4.05. The number of hydrogen-bond donors (Lipinski definition) is 1. The molecular formula is C7H9N3O. The molecule has 2 heterocycles. The van der Waals surface area contributed by atoms with Crippen LogP contribution in [0, 0.1) is 0 Å². The first-order valence-corrected chi connectivity index (χ1v) is 3.62. The summed E-state index contributed by atoms with van der Waals surface area (Å²) in [6, 6.07) is 0. The molecule has 1 saturated heterocycles. The molecule has 0 unspecified atom stereocenters. The first-order chi connectivity index (χ1) is 5.38. The van der Waals surface area contributed by atoms with Crippen LogP contribution in [0.1, 0.15) is 6.42 Å². The van der Waals surface area contributed by atoms with Gasteiger partial charge in [-0.25, -0.2) is 9.97 Å². The minimum atomic E-state index is 0.173. The number of rotatable bonds is 1. The predicted molar refractivity (Wildman–Crippen MR) is 40.5 cm³/mol. The topological polar surface area (TPSA) is 49.3 Å². The van der Waals surface area contributed by atoms with Crippen molar-refractivity contribution in [3.8, 4) is 5.75 Å². The van der Waals surface area contributed by atoms with Gasteiger partial charge in [0.1, 0.15) is 6.33 Å². The highest BCUT2D eigenvalue weighted by atomic mass is 16.3. The summed E-state index contributed by atoms with van der Waals surface area (Å²) in [6.45, 7) is 1.98. The summed E-state index contributed by atoms with van der Waals surface area (Å²) in [7, 11) is 0. The first-order valence-electron chi connectivity index (χ1n) is 3.62. The van der Waals surface area contributed by atoms with Crippen LogP contribution in [0.5, 0.6) is 5.75 Å². The van der Waals surface area contributed by atoms with Crippen molar-refractivity contribution in [2.75, 3.05) is 18.0 Å². The summed E-state index contributed by atoms with van der Waals surface area (Å²) < 4.78 is 0. The average Bonchev–Trinajstić information content (AvgIpc) is 1.90. The summed E-state index contributed by atoms with van der Waals surface area (Å²) in [5.74, 6) is 0.832. The van der Waals surface area contributed by atoms with E-state index in [-0.39, 0.29) is 5.75 Å². The van der Waals surface area contributed by atoms with Crippen LogP contribution in [0.25, 0.3) is 0 Å². The Kier molecular flexibility index (Phi) is 1.38. The quantitative estimate of drug-likeness (QED) is 0.630. The van der Waals surface area contributed by atoms with Gasteiger partial charge in [-0.15, -0.1) is 0 Å².